The number of nitrogens with one attached hydrogen (secondary N) is 1. The maximum Gasteiger partial charge on any atom is 0.471 e. The molecule has 10 nitrogen and oxygen atoms in total. The minimum Gasteiger partial charge on any atom is -0.444 e. The summed E-state index contributed by atoms with van der Waals surface area (Å²) in [6, 6.07) is 21.9. The van der Waals surface area contributed by atoms with Gasteiger partial charge >= 0.3 is 18.1 Å². The van der Waals surface area contributed by atoms with Crippen molar-refractivity contribution >= 4 is 41.2 Å². The molecule has 352 valence electrons. The number of nitrogens with zero attached hydrogens (tertiary/aromatic N) is 3. The van der Waals surface area contributed by atoms with E-state index in [1.165, 1.54) is 38.3 Å². The van der Waals surface area contributed by atoms with Gasteiger partial charge in [-0.3, -0.25) is 24.0 Å². The molecule has 1 saturated heterocycles. The van der Waals surface area contributed by atoms with E-state index in [4.69, 9.17) is 16.3 Å². The van der Waals surface area contributed by atoms with E-state index in [2.05, 4.69) is 17.4 Å². The Hall–Kier alpha value is -4.91. The number of benzene rings is 3. The van der Waals surface area contributed by atoms with Crippen molar-refractivity contribution in [3.8, 4) is 0 Å². The molecule has 2 aliphatic carbocycles. The van der Waals surface area contributed by atoms with Crippen LogP contribution in [0.2, 0.25) is 5.02 Å². The Bertz CT molecular complexity index is 2110. The number of rotatable bonds is 14. The molecule has 3 aliphatic rings. The zero-order valence-electron chi connectivity index (χ0n) is 38.1. The molecule has 65 heavy (non-hydrogen) atoms. The first-order chi connectivity index (χ1) is 31.0. The van der Waals surface area contributed by atoms with E-state index in [0.717, 1.165) is 50.5 Å². The lowest BCUT2D eigenvalue weighted by molar-refractivity contribution is -0.192. The first kappa shape index (κ1) is 49.5. The van der Waals surface area contributed by atoms with Gasteiger partial charge in [0.1, 0.15) is 17.6 Å². The molecular formula is C51H64ClF3N4O6. The molecule has 4 amide bonds. The highest BCUT2D eigenvalue weighted by Gasteiger charge is 2.55. The standard InChI is InChI=1S/C51H64ClF3N4O6/c1-35(2)44(57(3)47(63)49(30-16-17-31-49)58(4)48(64)51(53,54)55)45(61)56-42(46(62)59-32-18-19-33-59)34-43(60)65-50(38-22-12-9-13-23-38,40-24-14-15-25-41(40)52)39-28-26-37(27-29-39)36-20-10-7-5-6-8-11-21-36/h9,12-15,22-29,35-36,42,44H,5-8,10-11,16-21,30-34H2,1-4H3,(H,56,61)/t42-,44-,50?/m0/s1. The van der Waals surface area contributed by atoms with Crippen molar-refractivity contribution in [1.29, 1.82) is 0 Å². The first-order valence-corrected chi connectivity index (χ1v) is 23.7. The van der Waals surface area contributed by atoms with Crippen molar-refractivity contribution < 1.29 is 41.9 Å². The minimum absolute atomic E-state index is 0.0132. The normalized spacial score (nSPS) is 18.9. The number of carbonyl (C=O) groups excluding carboxylic acids is 5. The molecule has 1 aliphatic heterocycles. The first-order valence-electron chi connectivity index (χ1n) is 23.4. The third-order valence-corrected chi connectivity index (χ3v) is 14.2. The average molecular weight is 922 g/mol. The van der Waals surface area contributed by atoms with E-state index in [1.807, 2.05) is 48.5 Å². The van der Waals surface area contributed by atoms with E-state index in [1.54, 1.807) is 36.9 Å². The summed E-state index contributed by atoms with van der Waals surface area (Å²) in [5, 5.41) is 3.13. The Morgan fingerprint density at radius 1 is 0.769 bits per heavy atom. The Morgan fingerprint density at radius 2 is 1.32 bits per heavy atom. The highest BCUT2D eigenvalue weighted by atomic mass is 35.5. The number of ether oxygens (including phenoxy) is 1. The fourth-order valence-electron chi connectivity index (χ4n) is 10.4. The summed E-state index contributed by atoms with van der Waals surface area (Å²) in [4.78, 5) is 73.7. The molecule has 0 spiro atoms. The van der Waals surface area contributed by atoms with Crippen molar-refractivity contribution in [3.63, 3.8) is 0 Å². The van der Waals surface area contributed by atoms with E-state index in [-0.39, 0.29) is 12.8 Å². The quantitative estimate of drug-likeness (QED) is 0.127. The van der Waals surface area contributed by atoms with Crippen molar-refractivity contribution in [2.75, 3.05) is 27.2 Å². The zero-order chi connectivity index (χ0) is 46.9. The maximum absolute atomic E-state index is 14.8. The van der Waals surface area contributed by atoms with Crippen LogP contribution in [0.3, 0.4) is 0 Å². The number of likely N-dealkylation sites (tertiary alicyclic amines) is 1. The summed E-state index contributed by atoms with van der Waals surface area (Å²) < 4.78 is 47.9. The van der Waals surface area contributed by atoms with Crippen LogP contribution in [0, 0.1) is 5.92 Å². The summed E-state index contributed by atoms with van der Waals surface area (Å²) in [6.07, 6.45) is 5.92. The molecule has 3 atom stereocenters. The van der Waals surface area contributed by atoms with Crippen LogP contribution in [0.5, 0.6) is 0 Å². The van der Waals surface area contributed by atoms with Gasteiger partial charge in [-0.15, -0.1) is 0 Å². The number of hydrogen-bond donors (Lipinski definition) is 1. The van der Waals surface area contributed by atoms with Gasteiger partial charge in [-0.05, 0) is 62.0 Å². The van der Waals surface area contributed by atoms with Gasteiger partial charge in [0.05, 0.1) is 6.42 Å². The molecule has 14 heteroatoms. The predicted octanol–water partition coefficient (Wildman–Crippen LogP) is 9.71. The maximum atomic E-state index is 14.8. The van der Waals surface area contributed by atoms with Crippen LogP contribution < -0.4 is 5.32 Å². The number of carbonyl (C=O) groups is 5. The van der Waals surface area contributed by atoms with Gasteiger partial charge in [0, 0.05) is 48.9 Å². The molecule has 3 aromatic carbocycles. The Morgan fingerprint density at radius 3 is 1.89 bits per heavy atom. The van der Waals surface area contributed by atoms with E-state index < -0.39 is 71.3 Å². The molecule has 6 rings (SSSR count). The number of hydrogen-bond acceptors (Lipinski definition) is 6. The number of amides is 4. The molecule has 1 N–H and O–H groups in total. The number of likely N-dealkylation sites (N-methyl/N-ethyl adjacent to an activating group) is 2. The van der Waals surface area contributed by atoms with Crippen molar-refractivity contribution in [2.24, 2.45) is 5.92 Å². The topological polar surface area (TPSA) is 116 Å². The van der Waals surface area contributed by atoms with E-state index in [0.29, 0.717) is 58.5 Å². The molecule has 3 aromatic rings. The summed E-state index contributed by atoms with van der Waals surface area (Å²) in [5.41, 5.74) is -0.465. The predicted molar refractivity (Wildman–Crippen MR) is 244 cm³/mol. The van der Waals surface area contributed by atoms with Crippen molar-refractivity contribution in [3.05, 3.63) is 106 Å². The van der Waals surface area contributed by atoms with Gasteiger partial charge in [-0.2, -0.15) is 13.2 Å². The number of alkyl halides is 3. The van der Waals surface area contributed by atoms with Gasteiger partial charge in [0.25, 0.3) is 0 Å². The molecule has 3 fully saturated rings. The largest absolute Gasteiger partial charge is 0.471 e. The second kappa shape index (κ2) is 21.6. The molecule has 0 radical (unpaired) electrons. The zero-order valence-corrected chi connectivity index (χ0v) is 38.9. The highest BCUT2D eigenvalue weighted by Crippen LogP contribution is 2.45. The summed E-state index contributed by atoms with van der Waals surface area (Å²) in [7, 11) is 2.30. The Labute approximate surface area is 386 Å². The summed E-state index contributed by atoms with van der Waals surface area (Å²) in [5.74, 6) is -5.25. The number of halogens is 4. The molecule has 1 unspecified atom stereocenters. The van der Waals surface area contributed by atoms with Crippen LogP contribution in [0.25, 0.3) is 0 Å². The monoisotopic (exact) mass is 920 g/mol. The van der Waals surface area contributed by atoms with Crippen molar-refractivity contribution in [2.45, 2.75) is 145 Å². The van der Waals surface area contributed by atoms with Crippen molar-refractivity contribution in [1.82, 2.24) is 20.0 Å². The lowest BCUT2D eigenvalue weighted by atomic mass is 9.78. The third-order valence-electron chi connectivity index (χ3n) is 13.9. The molecular weight excluding hydrogens is 857 g/mol. The van der Waals surface area contributed by atoms with Crippen LogP contribution in [-0.2, 0) is 34.3 Å². The van der Waals surface area contributed by atoms with Crippen LogP contribution in [0.15, 0.2) is 78.9 Å². The lowest BCUT2D eigenvalue weighted by Gasteiger charge is -2.42. The Kier molecular flexibility index (Phi) is 16.5. The summed E-state index contributed by atoms with van der Waals surface area (Å²) >= 11 is 7.02. The highest BCUT2D eigenvalue weighted by molar-refractivity contribution is 6.31. The third kappa shape index (κ3) is 11.0. The molecule has 0 aromatic heterocycles. The van der Waals surface area contributed by atoms with Gasteiger partial charge in [-0.25, -0.2) is 0 Å². The van der Waals surface area contributed by atoms with Gasteiger partial charge < -0.3 is 24.8 Å². The minimum atomic E-state index is -5.21. The smallest absolute Gasteiger partial charge is 0.444 e. The van der Waals surface area contributed by atoms with Crippen LogP contribution >= 0.6 is 11.6 Å². The van der Waals surface area contributed by atoms with E-state index in [9.17, 15) is 37.1 Å². The summed E-state index contributed by atoms with van der Waals surface area (Å²) in [6.45, 7) is 4.17. The molecule has 1 heterocycles. The number of esters is 1. The Balaban J connectivity index is 1.34. The second-order valence-corrected chi connectivity index (χ2v) is 18.9. The van der Waals surface area contributed by atoms with Crippen LogP contribution in [0.1, 0.15) is 138 Å². The molecule has 0 bridgehead atoms. The van der Waals surface area contributed by atoms with Gasteiger partial charge in [0.15, 0.2) is 5.60 Å². The molecule has 2 saturated carbocycles. The SMILES string of the molecule is CC(C)[C@@H](C(=O)N[C@@H](CC(=O)OC(c1ccccc1)(c1ccc(C2CCCCCCCC2)cc1)c1ccccc1Cl)C(=O)N1CCCC1)N(C)C(=O)C1(N(C)C(=O)C(F)(F)F)CCCC1. The lowest BCUT2D eigenvalue weighted by Crippen LogP contribution is -2.64. The average Bonchev–Trinajstić information content (AvgIpc) is 4.04. The fraction of sp³-hybridized carbons (Fsp3) is 0.549. The van der Waals surface area contributed by atoms with E-state index >= 15 is 0 Å². The fourth-order valence-corrected chi connectivity index (χ4v) is 10.7. The van der Waals surface area contributed by atoms with Crippen LogP contribution in [0.4, 0.5) is 13.2 Å². The van der Waals surface area contributed by atoms with Gasteiger partial charge in [0.2, 0.25) is 17.7 Å². The van der Waals surface area contributed by atoms with Crippen LogP contribution in [-0.4, -0.2) is 95.3 Å². The van der Waals surface area contributed by atoms with Gasteiger partial charge in [-0.1, -0.05) is 150 Å². The second-order valence-electron chi connectivity index (χ2n) is 18.5.